The SMILES string of the molecule is Cc1ccc(C(C)(O)c2cccc(OCC(C)C)c2)cc1. The maximum absolute atomic E-state index is 10.9. The Morgan fingerprint density at radius 3 is 2.33 bits per heavy atom. The van der Waals surface area contributed by atoms with Crippen molar-refractivity contribution in [3.05, 3.63) is 65.2 Å². The molecule has 21 heavy (non-hydrogen) atoms. The number of aryl methyl sites for hydroxylation is 1. The van der Waals surface area contributed by atoms with Crippen LogP contribution >= 0.6 is 0 Å². The summed E-state index contributed by atoms with van der Waals surface area (Å²) in [5.74, 6) is 1.28. The molecule has 0 aliphatic rings. The molecule has 2 heteroatoms. The van der Waals surface area contributed by atoms with Gasteiger partial charge in [-0.2, -0.15) is 0 Å². The first kappa shape index (κ1) is 15.6. The van der Waals surface area contributed by atoms with E-state index in [9.17, 15) is 5.11 Å². The summed E-state index contributed by atoms with van der Waals surface area (Å²) < 4.78 is 5.75. The summed E-state index contributed by atoms with van der Waals surface area (Å²) in [5, 5.41) is 10.9. The van der Waals surface area contributed by atoms with Crippen LogP contribution in [0.1, 0.15) is 37.5 Å². The second-order valence-electron chi connectivity index (χ2n) is 6.17. The lowest BCUT2D eigenvalue weighted by atomic mass is 9.88. The Balaban J connectivity index is 2.27. The lowest BCUT2D eigenvalue weighted by molar-refractivity contribution is 0.102. The summed E-state index contributed by atoms with van der Waals surface area (Å²) in [6, 6.07) is 15.7. The molecular weight excluding hydrogens is 260 g/mol. The molecule has 0 fully saturated rings. The highest BCUT2D eigenvalue weighted by molar-refractivity contribution is 5.39. The van der Waals surface area contributed by atoms with Gasteiger partial charge >= 0.3 is 0 Å². The van der Waals surface area contributed by atoms with E-state index in [0.29, 0.717) is 12.5 Å². The number of hydrogen-bond donors (Lipinski definition) is 1. The van der Waals surface area contributed by atoms with Gasteiger partial charge < -0.3 is 9.84 Å². The molecule has 1 atom stereocenters. The van der Waals surface area contributed by atoms with Crippen molar-refractivity contribution in [1.82, 2.24) is 0 Å². The molecule has 112 valence electrons. The number of hydrogen-bond acceptors (Lipinski definition) is 2. The quantitative estimate of drug-likeness (QED) is 0.887. The molecule has 0 amide bonds. The van der Waals surface area contributed by atoms with Gasteiger partial charge in [0.15, 0.2) is 0 Å². The molecule has 0 saturated carbocycles. The summed E-state index contributed by atoms with van der Waals surface area (Å²) in [4.78, 5) is 0. The predicted octanol–water partition coefficient (Wildman–Crippen LogP) is 4.29. The van der Waals surface area contributed by atoms with Gasteiger partial charge in [-0.15, -0.1) is 0 Å². The molecule has 0 spiro atoms. The molecule has 0 radical (unpaired) electrons. The Morgan fingerprint density at radius 1 is 1.05 bits per heavy atom. The molecule has 0 bridgehead atoms. The molecule has 1 unspecified atom stereocenters. The smallest absolute Gasteiger partial charge is 0.119 e. The molecular formula is C19H24O2. The van der Waals surface area contributed by atoms with Crippen LogP contribution in [0.2, 0.25) is 0 Å². The van der Waals surface area contributed by atoms with Gasteiger partial charge in [0.05, 0.1) is 6.61 Å². The van der Waals surface area contributed by atoms with E-state index < -0.39 is 5.60 Å². The third kappa shape index (κ3) is 3.85. The third-order valence-electron chi connectivity index (χ3n) is 3.59. The van der Waals surface area contributed by atoms with Crippen molar-refractivity contribution in [2.45, 2.75) is 33.3 Å². The predicted molar refractivity (Wildman–Crippen MR) is 86.6 cm³/mol. The highest BCUT2D eigenvalue weighted by atomic mass is 16.5. The normalized spacial score (nSPS) is 14.0. The maximum atomic E-state index is 10.9. The molecule has 0 saturated heterocycles. The van der Waals surface area contributed by atoms with E-state index in [1.807, 2.05) is 62.4 Å². The van der Waals surface area contributed by atoms with Crippen LogP contribution in [0.4, 0.5) is 0 Å². The molecule has 0 heterocycles. The van der Waals surface area contributed by atoms with E-state index in [4.69, 9.17) is 4.74 Å². The van der Waals surface area contributed by atoms with Gasteiger partial charge in [0.1, 0.15) is 11.4 Å². The van der Waals surface area contributed by atoms with Crippen molar-refractivity contribution in [3.8, 4) is 5.75 Å². The minimum absolute atomic E-state index is 0.478. The Bertz CT molecular complexity index is 583. The monoisotopic (exact) mass is 284 g/mol. The fourth-order valence-electron chi connectivity index (χ4n) is 2.20. The van der Waals surface area contributed by atoms with Crippen LogP contribution in [0.15, 0.2) is 48.5 Å². The summed E-state index contributed by atoms with van der Waals surface area (Å²) in [6.07, 6.45) is 0. The molecule has 0 aromatic heterocycles. The van der Waals surface area contributed by atoms with Crippen molar-refractivity contribution in [1.29, 1.82) is 0 Å². The van der Waals surface area contributed by atoms with E-state index in [2.05, 4.69) is 13.8 Å². The zero-order valence-corrected chi connectivity index (χ0v) is 13.3. The number of aliphatic hydroxyl groups is 1. The first-order valence-corrected chi connectivity index (χ1v) is 7.42. The largest absolute Gasteiger partial charge is 0.493 e. The zero-order valence-electron chi connectivity index (χ0n) is 13.3. The lowest BCUT2D eigenvalue weighted by Crippen LogP contribution is -2.22. The van der Waals surface area contributed by atoms with Crippen LogP contribution in [-0.2, 0) is 5.60 Å². The van der Waals surface area contributed by atoms with Gasteiger partial charge in [-0.05, 0) is 43.0 Å². The van der Waals surface area contributed by atoms with Crippen LogP contribution in [0.5, 0.6) is 5.75 Å². The van der Waals surface area contributed by atoms with Crippen LogP contribution in [0.25, 0.3) is 0 Å². The molecule has 2 rings (SSSR count). The summed E-state index contributed by atoms with van der Waals surface area (Å²) >= 11 is 0. The molecule has 2 aromatic carbocycles. The van der Waals surface area contributed by atoms with Gasteiger partial charge in [-0.25, -0.2) is 0 Å². The number of benzene rings is 2. The summed E-state index contributed by atoms with van der Waals surface area (Å²) in [5.41, 5.74) is 1.88. The molecule has 2 aromatic rings. The number of rotatable bonds is 5. The first-order valence-electron chi connectivity index (χ1n) is 7.42. The lowest BCUT2D eigenvalue weighted by Gasteiger charge is -2.25. The van der Waals surface area contributed by atoms with E-state index in [1.165, 1.54) is 5.56 Å². The van der Waals surface area contributed by atoms with Crippen molar-refractivity contribution >= 4 is 0 Å². The van der Waals surface area contributed by atoms with Gasteiger partial charge in [0.25, 0.3) is 0 Å². The fourth-order valence-corrected chi connectivity index (χ4v) is 2.20. The molecule has 0 aliphatic heterocycles. The third-order valence-corrected chi connectivity index (χ3v) is 3.59. The van der Waals surface area contributed by atoms with Crippen molar-refractivity contribution in [2.24, 2.45) is 5.92 Å². The van der Waals surface area contributed by atoms with Gasteiger partial charge in [-0.3, -0.25) is 0 Å². The minimum atomic E-state index is -1.02. The first-order chi connectivity index (χ1) is 9.89. The second kappa shape index (κ2) is 6.31. The Kier molecular flexibility index (Phi) is 4.69. The second-order valence-corrected chi connectivity index (χ2v) is 6.17. The average molecular weight is 284 g/mol. The molecule has 0 aliphatic carbocycles. The standard InChI is InChI=1S/C19H24O2/c1-14(2)13-21-18-7-5-6-17(12-18)19(4,20)16-10-8-15(3)9-11-16/h5-12,14,20H,13H2,1-4H3. The van der Waals surface area contributed by atoms with Gasteiger partial charge in [-0.1, -0.05) is 55.8 Å². The van der Waals surface area contributed by atoms with E-state index >= 15 is 0 Å². The Labute approximate surface area is 127 Å². The maximum Gasteiger partial charge on any atom is 0.119 e. The van der Waals surface area contributed by atoms with E-state index in [0.717, 1.165) is 16.9 Å². The molecule has 1 N–H and O–H groups in total. The number of ether oxygens (including phenoxy) is 1. The summed E-state index contributed by atoms with van der Waals surface area (Å²) in [6.45, 7) is 8.77. The topological polar surface area (TPSA) is 29.5 Å². The van der Waals surface area contributed by atoms with Crippen LogP contribution in [0.3, 0.4) is 0 Å². The van der Waals surface area contributed by atoms with E-state index in [-0.39, 0.29) is 0 Å². The average Bonchev–Trinajstić information content (AvgIpc) is 2.46. The molecule has 2 nitrogen and oxygen atoms in total. The van der Waals surface area contributed by atoms with E-state index in [1.54, 1.807) is 0 Å². The van der Waals surface area contributed by atoms with Crippen molar-refractivity contribution < 1.29 is 9.84 Å². The van der Waals surface area contributed by atoms with Crippen LogP contribution in [0, 0.1) is 12.8 Å². The fraction of sp³-hybridized carbons (Fsp3) is 0.368. The minimum Gasteiger partial charge on any atom is -0.493 e. The summed E-state index contributed by atoms with van der Waals surface area (Å²) in [7, 11) is 0. The Hall–Kier alpha value is -1.80. The van der Waals surface area contributed by atoms with Gasteiger partial charge in [0.2, 0.25) is 0 Å². The highest BCUT2D eigenvalue weighted by Crippen LogP contribution is 2.31. The zero-order chi connectivity index (χ0) is 15.5. The van der Waals surface area contributed by atoms with Crippen LogP contribution < -0.4 is 4.74 Å². The van der Waals surface area contributed by atoms with Crippen LogP contribution in [-0.4, -0.2) is 11.7 Å². The van der Waals surface area contributed by atoms with Gasteiger partial charge in [0, 0.05) is 0 Å². The Morgan fingerprint density at radius 2 is 1.71 bits per heavy atom. The van der Waals surface area contributed by atoms with Crippen molar-refractivity contribution in [3.63, 3.8) is 0 Å². The van der Waals surface area contributed by atoms with Crippen molar-refractivity contribution in [2.75, 3.05) is 6.61 Å². The highest BCUT2D eigenvalue weighted by Gasteiger charge is 2.25.